The van der Waals surface area contributed by atoms with Gasteiger partial charge in [-0.3, -0.25) is 4.98 Å². The molecule has 0 saturated carbocycles. The molecule has 0 aliphatic heterocycles. The van der Waals surface area contributed by atoms with E-state index in [0.29, 0.717) is 11.5 Å². The maximum Gasteiger partial charge on any atom is 0.160 e. The fraction of sp³-hybridized carbons (Fsp3) is 0.0889. The molecule has 1 unspecified atom stereocenters. The number of aromatic nitrogens is 1. The second-order valence-electron chi connectivity index (χ2n) is 12.2. The third kappa shape index (κ3) is 7.11. The average molecular weight is 652 g/mol. The van der Waals surface area contributed by atoms with Gasteiger partial charge in [0.2, 0.25) is 0 Å². The minimum absolute atomic E-state index is 0.137. The van der Waals surface area contributed by atoms with Gasteiger partial charge in [-0.25, -0.2) is 9.98 Å². The molecule has 4 aromatic carbocycles. The van der Waals surface area contributed by atoms with E-state index in [0.717, 1.165) is 39.3 Å². The molecule has 2 aromatic heterocycles. The molecule has 0 radical (unpaired) electrons. The molecule has 4 heteroatoms. The predicted molar refractivity (Wildman–Crippen MR) is 210 cm³/mol. The molecule has 0 N–H and O–H groups in total. The molecule has 238 valence electrons. The molecule has 0 fully saturated rings. The van der Waals surface area contributed by atoms with Crippen LogP contribution in [0.5, 0.6) is 0 Å². The van der Waals surface area contributed by atoms with Crippen molar-refractivity contribution < 1.29 is 0 Å². The van der Waals surface area contributed by atoms with E-state index in [1.54, 1.807) is 11.3 Å². The average Bonchev–Trinajstić information content (AvgIpc) is 3.59. The quantitative estimate of drug-likeness (QED) is 0.131. The molecule has 6 aromatic rings. The Labute approximate surface area is 292 Å². The summed E-state index contributed by atoms with van der Waals surface area (Å²) in [6.45, 7) is 8.73. The van der Waals surface area contributed by atoms with Crippen LogP contribution in [0.15, 0.2) is 175 Å². The van der Waals surface area contributed by atoms with Gasteiger partial charge in [-0.2, -0.15) is 0 Å². The maximum atomic E-state index is 5.17. The molecule has 7 rings (SSSR count). The largest absolute Gasteiger partial charge is 0.264 e. The maximum absolute atomic E-state index is 5.17. The van der Waals surface area contributed by atoms with Crippen LogP contribution in [0.3, 0.4) is 0 Å². The highest BCUT2D eigenvalue weighted by Gasteiger charge is 2.16. The Bertz CT molecular complexity index is 2360. The minimum atomic E-state index is 0.137. The molecule has 49 heavy (non-hydrogen) atoms. The highest BCUT2D eigenvalue weighted by atomic mass is 32.1. The number of aliphatic imine (C=N–C) groups is 2. The van der Waals surface area contributed by atoms with Gasteiger partial charge in [-0.05, 0) is 81.3 Å². The highest BCUT2D eigenvalue weighted by Crippen LogP contribution is 2.31. The minimum Gasteiger partial charge on any atom is -0.264 e. The van der Waals surface area contributed by atoms with E-state index in [4.69, 9.17) is 9.98 Å². The van der Waals surface area contributed by atoms with Crippen molar-refractivity contribution in [3.8, 4) is 0 Å². The first-order chi connectivity index (χ1) is 24.0. The van der Waals surface area contributed by atoms with E-state index in [2.05, 4.69) is 140 Å². The van der Waals surface area contributed by atoms with Crippen LogP contribution in [-0.4, -0.2) is 16.5 Å². The molecule has 0 bridgehead atoms. The van der Waals surface area contributed by atoms with Crippen LogP contribution in [0.4, 0.5) is 0 Å². The molecule has 0 spiro atoms. The standard InChI is InChI=1S/C45H37N3S/c1-31-16-6-4-9-23-39(38-22-15-27-46-30-38)40-24-11-12-25-41(40)44(31)36-20-14-21-37(28-36)45(47-32(2)34-17-7-5-8-18-34)48-33(3)43-29-35-19-10-13-26-42(35)49-43/h4-22,24-31H,3,23H2,1-2H3/b9-4-,16-6-,40-39+,44-41+,47-32+,48-45-. The molecular weight excluding hydrogens is 615 g/mol. The van der Waals surface area contributed by atoms with Crippen LogP contribution in [0.2, 0.25) is 0 Å². The number of hydrogen-bond donors (Lipinski definition) is 0. The Hall–Kier alpha value is -5.71. The number of thiophene rings is 1. The van der Waals surface area contributed by atoms with Crippen LogP contribution in [0.1, 0.15) is 47.4 Å². The number of fused-ring (bicyclic) bond motifs is 2. The Morgan fingerprint density at radius 2 is 1.51 bits per heavy atom. The van der Waals surface area contributed by atoms with Crippen molar-refractivity contribution in [3.63, 3.8) is 0 Å². The zero-order valence-electron chi connectivity index (χ0n) is 27.8. The summed E-state index contributed by atoms with van der Waals surface area (Å²) in [5.41, 5.74) is 8.34. The van der Waals surface area contributed by atoms with E-state index in [-0.39, 0.29) is 5.92 Å². The molecule has 1 atom stereocenters. The van der Waals surface area contributed by atoms with Crippen LogP contribution in [0.25, 0.3) is 26.9 Å². The summed E-state index contributed by atoms with van der Waals surface area (Å²) >= 11 is 1.70. The van der Waals surface area contributed by atoms with Gasteiger partial charge in [0.05, 0.1) is 10.6 Å². The second-order valence-corrected chi connectivity index (χ2v) is 13.2. The summed E-state index contributed by atoms with van der Waals surface area (Å²) in [5.74, 6) is 0.769. The Balaban J connectivity index is 1.43. The van der Waals surface area contributed by atoms with Gasteiger partial charge >= 0.3 is 0 Å². The lowest BCUT2D eigenvalue weighted by Gasteiger charge is -2.17. The highest BCUT2D eigenvalue weighted by molar-refractivity contribution is 7.20. The first-order valence-corrected chi connectivity index (χ1v) is 17.4. The zero-order valence-corrected chi connectivity index (χ0v) is 28.6. The number of nitrogens with zero attached hydrogens (tertiary/aromatic N) is 3. The van der Waals surface area contributed by atoms with Crippen LogP contribution >= 0.6 is 11.3 Å². The summed E-state index contributed by atoms with van der Waals surface area (Å²) in [4.78, 5) is 15.8. The van der Waals surface area contributed by atoms with E-state index < -0.39 is 0 Å². The lowest BCUT2D eigenvalue weighted by molar-refractivity contribution is 0.953. The van der Waals surface area contributed by atoms with Gasteiger partial charge in [0, 0.05) is 34.3 Å². The summed E-state index contributed by atoms with van der Waals surface area (Å²) in [6, 6.07) is 42.4. The Kier molecular flexibility index (Phi) is 9.49. The molecular formula is C45H37N3S. The van der Waals surface area contributed by atoms with Gasteiger partial charge in [0.1, 0.15) is 0 Å². The van der Waals surface area contributed by atoms with Gasteiger partial charge in [-0.1, -0.05) is 135 Å². The number of pyridine rings is 1. The van der Waals surface area contributed by atoms with Crippen molar-refractivity contribution in [2.24, 2.45) is 15.9 Å². The van der Waals surface area contributed by atoms with Crippen molar-refractivity contribution in [1.82, 2.24) is 4.98 Å². The smallest absolute Gasteiger partial charge is 0.160 e. The van der Waals surface area contributed by atoms with Crippen LogP contribution < -0.4 is 10.4 Å². The van der Waals surface area contributed by atoms with Crippen molar-refractivity contribution >= 4 is 49.8 Å². The van der Waals surface area contributed by atoms with Crippen molar-refractivity contribution in [2.45, 2.75) is 20.3 Å². The number of allylic oxidation sites excluding steroid dienone is 4. The SMILES string of the molecule is C=C(/N=C(\N=C(/C)c1ccccc1)c1cccc(/C2=c3\cccc\c3=C(/c3cccnc3)C/C=C\C=C/C2C)c1)c1cc2ccccc2s1. The normalized spacial score (nSPS) is 18.9. The fourth-order valence-electron chi connectivity index (χ4n) is 6.35. The Morgan fingerprint density at radius 1 is 0.755 bits per heavy atom. The lowest BCUT2D eigenvalue weighted by Crippen LogP contribution is -2.31. The van der Waals surface area contributed by atoms with Crippen LogP contribution in [0, 0.1) is 5.92 Å². The molecule has 0 saturated heterocycles. The van der Waals surface area contributed by atoms with E-state index in [1.807, 2.05) is 43.6 Å². The summed E-state index contributed by atoms with van der Waals surface area (Å²) in [7, 11) is 0. The summed E-state index contributed by atoms with van der Waals surface area (Å²) in [6.07, 6.45) is 13.4. The Morgan fingerprint density at radius 3 is 2.33 bits per heavy atom. The topological polar surface area (TPSA) is 37.6 Å². The van der Waals surface area contributed by atoms with Gasteiger partial charge in [0.25, 0.3) is 0 Å². The molecule has 1 aliphatic carbocycles. The first-order valence-electron chi connectivity index (χ1n) is 16.6. The van der Waals surface area contributed by atoms with Crippen molar-refractivity contribution in [2.75, 3.05) is 0 Å². The van der Waals surface area contributed by atoms with Gasteiger partial charge in [-0.15, -0.1) is 11.3 Å². The third-order valence-corrected chi connectivity index (χ3v) is 9.99. The van der Waals surface area contributed by atoms with E-state index >= 15 is 0 Å². The molecule has 0 amide bonds. The fourth-order valence-corrected chi connectivity index (χ4v) is 7.33. The van der Waals surface area contributed by atoms with Crippen molar-refractivity contribution in [1.29, 1.82) is 0 Å². The monoisotopic (exact) mass is 651 g/mol. The predicted octanol–water partition coefficient (Wildman–Crippen LogP) is 9.77. The number of rotatable bonds is 6. The number of benzene rings is 4. The molecule has 2 heterocycles. The van der Waals surface area contributed by atoms with E-state index in [1.165, 1.54) is 31.7 Å². The number of hydrogen-bond acceptors (Lipinski definition) is 3. The summed E-state index contributed by atoms with van der Waals surface area (Å²) < 4.78 is 1.21. The number of amidine groups is 1. The van der Waals surface area contributed by atoms with E-state index in [9.17, 15) is 0 Å². The van der Waals surface area contributed by atoms with Crippen LogP contribution in [-0.2, 0) is 0 Å². The first kappa shape index (κ1) is 31.9. The van der Waals surface area contributed by atoms with Gasteiger partial charge < -0.3 is 0 Å². The summed E-state index contributed by atoms with van der Waals surface area (Å²) in [5, 5.41) is 3.62. The molecule has 1 aliphatic rings. The lowest BCUT2D eigenvalue weighted by atomic mass is 9.88. The second kappa shape index (κ2) is 14.6. The third-order valence-electron chi connectivity index (χ3n) is 8.82. The van der Waals surface area contributed by atoms with Gasteiger partial charge in [0.15, 0.2) is 5.84 Å². The zero-order chi connectivity index (χ0) is 33.6. The van der Waals surface area contributed by atoms with Crippen molar-refractivity contribution in [3.05, 3.63) is 202 Å². The molecule has 3 nitrogen and oxygen atoms in total.